The Morgan fingerprint density at radius 2 is 2.29 bits per heavy atom. The van der Waals surface area contributed by atoms with Gasteiger partial charge < -0.3 is 10.1 Å². The summed E-state index contributed by atoms with van der Waals surface area (Å²) in [7, 11) is -2.62. The van der Waals surface area contributed by atoms with Crippen molar-refractivity contribution in [3.05, 3.63) is 24.3 Å². The average Bonchev–Trinajstić information content (AvgIpc) is 2.99. The molecule has 0 aromatic heterocycles. The molecule has 6 heteroatoms. The lowest BCUT2D eigenvalue weighted by Crippen LogP contribution is -2.24. The number of rotatable bonds is 3. The molecule has 2 heterocycles. The molecule has 114 valence electrons. The summed E-state index contributed by atoms with van der Waals surface area (Å²) in [5, 5.41) is 3.20. The van der Waals surface area contributed by atoms with Crippen molar-refractivity contribution in [3.8, 4) is 0 Å². The van der Waals surface area contributed by atoms with Gasteiger partial charge in [-0.25, -0.2) is 4.21 Å². The molecular weight excluding hydrogens is 288 g/mol. The van der Waals surface area contributed by atoms with E-state index in [2.05, 4.69) is 9.68 Å². The van der Waals surface area contributed by atoms with Crippen LogP contribution in [0.3, 0.4) is 0 Å². The van der Waals surface area contributed by atoms with Crippen LogP contribution in [0.15, 0.2) is 33.5 Å². The molecule has 0 radical (unpaired) electrons. The topological polar surface area (TPSA) is 67.8 Å². The van der Waals surface area contributed by atoms with Crippen molar-refractivity contribution in [1.82, 2.24) is 0 Å². The standard InChI is InChI=1S/C15H20N2O3S/c18-15(8-7-12-4-3-10-20-12)17-21(19)11-9-16-13-5-1-2-6-14(13)21/h1-2,5-6,12,16H,3-4,7-11H2. The van der Waals surface area contributed by atoms with Crippen molar-refractivity contribution in [2.45, 2.75) is 36.7 Å². The molecule has 1 fully saturated rings. The molecule has 0 bridgehead atoms. The Hall–Kier alpha value is -1.40. The highest BCUT2D eigenvalue weighted by atomic mass is 32.2. The first kappa shape index (κ1) is 14.5. The quantitative estimate of drug-likeness (QED) is 0.931. The lowest BCUT2D eigenvalue weighted by molar-refractivity contribution is -0.118. The van der Waals surface area contributed by atoms with Gasteiger partial charge >= 0.3 is 0 Å². The Labute approximate surface area is 125 Å². The highest BCUT2D eigenvalue weighted by Crippen LogP contribution is 2.27. The van der Waals surface area contributed by atoms with Gasteiger partial charge in [-0.3, -0.25) is 4.79 Å². The Kier molecular flexibility index (Phi) is 4.26. The molecule has 0 saturated carbocycles. The minimum atomic E-state index is -2.62. The van der Waals surface area contributed by atoms with E-state index in [1.165, 1.54) is 0 Å². The molecule has 21 heavy (non-hydrogen) atoms. The Morgan fingerprint density at radius 1 is 1.43 bits per heavy atom. The molecule has 1 aromatic carbocycles. The van der Waals surface area contributed by atoms with Gasteiger partial charge in [0.15, 0.2) is 0 Å². The number of anilines is 1. The van der Waals surface area contributed by atoms with Crippen molar-refractivity contribution in [2.75, 3.05) is 24.2 Å². The van der Waals surface area contributed by atoms with Crippen LogP contribution in [0.1, 0.15) is 25.7 Å². The van der Waals surface area contributed by atoms with Gasteiger partial charge in [0.05, 0.1) is 32.2 Å². The Bertz CT molecular complexity index is 644. The monoisotopic (exact) mass is 308 g/mol. The third-order valence-corrected chi connectivity index (χ3v) is 6.18. The molecular formula is C15H20N2O3S. The van der Waals surface area contributed by atoms with E-state index in [0.717, 1.165) is 25.1 Å². The van der Waals surface area contributed by atoms with E-state index in [9.17, 15) is 9.00 Å². The fourth-order valence-electron chi connectivity index (χ4n) is 2.79. The molecule has 1 amide bonds. The van der Waals surface area contributed by atoms with E-state index >= 15 is 0 Å². The van der Waals surface area contributed by atoms with E-state index in [-0.39, 0.29) is 12.0 Å². The fraction of sp³-hybridized carbons (Fsp3) is 0.533. The Morgan fingerprint density at radius 3 is 3.10 bits per heavy atom. The minimum absolute atomic E-state index is 0.169. The van der Waals surface area contributed by atoms with Crippen molar-refractivity contribution >= 4 is 21.3 Å². The van der Waals surface area contributed by atoms with Crippen LogP contribution in [0.25, 0.3) is 0 Å². The van der Waals surface area contributed by atoms with Gasteiger partial charge in [0.25, 0.3) is 5.91 Å². The lowest BCUT2D eigenvalue weighted by atomic mass is 10.1. The van der Waals surface area contributed by atoms with Crippen molar-refractivity contribution < 1.29 is 13.7 Å². The van der Waals surface area contributed by atoms with E-state index < -0.39 is 9.73 Å². The second-order valence-corrected chi connectivity index (χ2v) is 7.74. The molecule has 0 spiro atoms. The molecule has 5 nitrogen and oxygen atoms in total. The van der Waals surface area contributed by atoms with E-state index in [4.69, 9.17) is 4.74 Å². The first-order valence-electron chi connectivity index (χ1n) is 7.40. The number of fused-ring (bicyclic) bond motifs is 1. The van der Waals surface area contributed by atoms with E-state index in [0.29, 0.717) is 30.0 Å². The van der Waals surface area contributed by atoms with Crippen LogP contribution in [0.2, 0.25) is 0 Å². The van der Waals surface area contributed by atoms with Gasteiger partial charge in [0, 0.05) is 19.6 Å². The van der Waals surface area contributed by atoms with Gasteiger partial charge in [-0.2, -0.15) is 4.36 Å². The molecule has 2 atom stereocenters. The van der Waals surface area contributed by atoms with Gasteiger partial charge in [-0.05, 0) is 31.4 Å². The summed E-state index contributed by atoms with van der Waals surface area (Å²) in [5.41, 5.74) is 0.824. The number of benzene rings is 1. The zero-order chi connectivity index (χ0) is 14.7. The summed E-state index contributed by atoms with van der Waals surface area (Å²) in [6, 6.07) is 7.38. The van der Waals surface area contributed by atoms with Crippen LogP contribution >= 0.6 is 0 Å². The summed E-state index contributed by atoms with van der Waals surface area (Å²) in [6.07, 6.45) is 3.23. The highest BCUT2D eigenvalue weighted by molar-refractivity contribution is 7.94. The Balaban J connectivity index is 1.75. The zero-order valence-corrected chi connectivity index (χ0v) is 12.7. The summed E-state index contributed by atoms with van der Waals surface area (Å²) in [6.45, 7) is 1.37. The van der Waals surface area contributed by atoms with E-state index in [1.54, 1.807) is 6.07 Å². The number of hydrogen-bond donors (Lipinski definition) is 1. The average molecular weight is 308 g/mol. The van der Waals surface area contributed by atoms with Crippen LogP contribution < -0.4 is 5.32 Å². The molecule has 0 aliphatic carbocycles. The van der Waals surface area contributed by atoms with Crippen molar-refractivity contribution in [2.24, 2.45) is 4.36 Å². The lowest BCUT2D eigenvalue weighted by Gasteiger charge is -2.21. The molecule has 3 rings (SSSR count). The van der Waals surface area contributed by atoms with Crippen LogP contribution in [-0.2, 0) is 19.3 Å². The number of ether oxygens (including phenoxy) is 1. The van der Waals surface area contributed by atoms with E-state index in [1.807, 2.05) is 18.2 Å². The second-order valence-electron chi connectivity index (χ2n) is 5.43. The number of hydrogen-bond acceptors (Lipinski definition) is 4. The molecule has 2 unspecified atom stereocenters. The predicted molar refractivity (Wildman–Crippen MR) is 81.9 cm³/mol. The fourth-order valence-corrected chi connectivity index (χ4v) is 4.77. The van der Waals surface area contributed by atoms with Gasteiger partial charge in [-0.15, -0.1) is 0 Å². The van der Waals surface area contributed by atoms with Gasteiger partial charge in [-0.1, -0.05) is 12.1 Å². The SMILES string of the molecule is O=C(CCC1CCCO1)N=S1(=O)CCNc2ccccc21. The number of nitrogens with zero attached hydrogens (tertiary/aromatic N) is 1. The summed E-state index contributed by atoms with van der Waals surface area (Å²) >= 11 is 0. The van der Waals surface area contributed by atoms with Gasteiger partial charge in [0.1, 0.15) is 0 Å². The number of carbonyl (C=O) groups excluding carboxylic acids is 1. The third kappa shape index (κ3) is 3.27. The number of amides is 1. The number of nitrogens with one attached hydrogen (secondary N) is 1. The smallest absolute Gasteiger partial charge is 0.254 e. The van der Waals surface area contributed by atoms with Gasteiger partial charge in [0.2, 0.25) is 0 Å². The third-order valence-electron chi connectivity index (χ3n) is 3.88. The molecule has 2 aliphatic rings. The first-order valence-corrected chi connectivity index (χ1v) is 9.08. The summed E-state index contributed by atoms with van der Waals surface area (Å²) in [4.78, 5) is 12.7. The van der Waals surface area contributed by atoms with Crippen LogP contribution in [0.4, 0.5) is 5.69 Å². The number of carbonyl (C=O) groups is 1. The summed E-state index contributed by atoms with van der Waals surface area (Å²) in [5.74, 6) is 0.113. The maximum absolute atomic E-state index is 13.0. The maximum atomic E-state index is 13.0. The second kappa shape index (κ2) is 6.15. The molecule has 2 aliphatic heterocycles. The minimum Gasteiger partial charge on any atom is -0.383 e. The molecule has 1 aromatic rings. The first-order chi connectivity index (χ1) is 10.2. The van der Waals surface area contributed by atoms with Crippen LogP contribution in [0, 0.1) is 0 Å². The van der Waals surface area contributed by atoms with Crippen LogP contribution in [-0.4, -0.2) is 35.1 Å². The normalized spacial score (nSPS) is 27.7. The highest BCUT2D eigenvalue weighted by Gasteiger charge is 2.23. The van der Waals surface area contributed by atoms with Crippen LogP contribution in [0.5, 0.6) is 0 Å². The zero-order valence-electron chi connectivity index (χ0n) is 11.9. The number of para-hydroxylation sites is 1. The van der Waals surface area contributed by atoms with Crippen molar-refractivity contribution in [1.29, 1.82) is 0 Å². The molecule has 1 N–H and O–H groups in total. The van der Waals surface area contributed by atoms with Crippen molar-refractivity contribution in [3.63, 3.8) is 0 Å². The summed E-state index contributed by atoms with van der Waals surface area (Å²) < 4.78 is 22.5. The maximum Gasteiger partial charge on any atom is 0.254 e. The predicted octanol–water partition coefficient (Wildman–Crippen LogP) is 2.42. The molecule has 1 saturated heterocycles. The largest absolute Gasteiger partial charge is 0.383 e.